The largest absolute Gasteiger partial charge is 0.339 e. The van der Waals surface area contributed by atoms with Gasteiger partial charge in [-0.3, -0.25) is 0 Å². The number of nitrogens with zero attached hydrogens (tertiary/aromatic N) is 3. The molecule has 1 aliphatic carbocycles. The number of rotatable bonds is 2. The van der Waals surface area contributed by atoms with Gasteiger partial charge in [0.15, 0.2) is 5.01 Å². The van der Waals surface area contributed by atoms with Gasteiger partial charge in [0, 0.05) is 17.0 Å². The fraction of sp³-hybridized carbons (Fsp3) is 0.417. The second-order valence-electron chi connectivity index (χ2n) is 4.21. The Kier molecular flexibility index (Phi) is 2.76. The fourth-order valence-electron chi connectivity index (χ4n) is 1.96. The smallest absolute Gasteiger partial charge is 0.231 e. The molecule has 17 heavy (non-hydrogen) atoms. The van der Waals surface area contributed by atoms with E-state index < -0.39 is 0 Å². The van der Waals surface area contributed by atoms with E-state index in [1.165, 1.54) is 0 Å². The van der Waals surface area contributed by atoms with E-state index >= 15 is 0 Å². The van der Waals surface area contributed by atoms with E-state index in [1.54, 1.807) is 11.3 Å². The molecule has 88 valence electrons. The van der Waals surface area contributed by atoms with E-state index in [0.717, 1.165) is 35.0 Å². The first kappa shape index (κ1) is 10.7. The lowest BCUT2D eigenvalue weighted by atomic mass is 9.94. The molecule has 0 spiro atoms. The molecule has 0 amide bonds. The minimum atomic E-state index is 0.377. The highest BCUT2D eigenvalue weighted by atomic mass is 32.1. The molecule has 0 bridgehead atoms. The van der Waals surface area contributed by atoms with Crippen LogP contribution in [-0.2, 0) is 0 Å². The molecular weight excluding hydrogens is 234 g/mol. The third-order valence-corrected chi connectivity index (χ3v) is 3.78. The van der Waals surface area contributed by atoms with Crippen molar-refractivity contribution in [1.29, 1.82) is 0 Å². The number of allylic oxidation sites excluding steroid dienone is 2. The van der Waals surface area contributed by atoms with Crippen molar-refractivity contribution >= 4 is 11.3 Å². The average molecular weight is 247 g/mol. The van der Waals surface area contributed by atoms with Crippen LogP contribution in [0.25, 0.3) is 10.8 Å². The first-order valence-corrected chi connectivity index (χ1v) is 6.56. The van der Waals surface area contributed by atoms with Crippen LogP contribution in [0.5, 0.6) is 0 Å². The lowest BCUT2D eigenvalue weighted by Crippen LogP contribution is -2.00. The number of hydrogen-bond donors (Lipinski definition) is 0. The lowest BCUT2D eigenvalue weighted by Gasteiger charge is -2.12. The Balaban J connectivity index is 1.85. The summed E-state index contributed by atoms with van der Waals surface area (Å²) in [5.41, 5.74) is 0. The van der Waals surface area contributed by atoms with Crippen molar-refractivity contribution in [3.8, 4) is 10.8 Å². The minimum Gasteiger partial charge on any atom is -0.339 e. The first-order chi connectivity index (χ1) is 8.33. The maximum atomic E-state index is 5.34. The SMILES string of the molecule is Cc1cnc(-c2noc(C3CC=CCC3)n2)s1. The van der Waals surface area contributed by atoms with Crippen LogP contribution < -0.4 is 0 Å². The fourth-order valence-corrected chi connectivity index (χ4v) is 2.65. The molecule has 4 nitrogen and oxygen atoms in total. The summed E-state index contributed by atoms with van der Waals surface area (Å²) in [5.74, 6) is 1.74. The zero-order valence-electron chi connectivity index (χ0n) is 9.59. The van der Waals surface area contributed by atoms with Crippen molar-refractivity contribution in [2.75, 3.05) is 0 Å². The predicted octanol–water partition coefficient (Wildman–Crippen LogP) is 3.33. The summed E-state index contributed by atoms with van der Waals surface area (Å²) in [7, 11) is 0. The van der Waals surface area contributed by atoms with Crippen molar-refractivity contribution in [2.45, 2.75) is 32.1 Å². The van der Waals surface area contributed by atoms with Crippen LogP contribution in [0.3, 0.4) is 0 Å². The second-order valence-corrected chi connectivity index (χ2v) is 5.45. The van der Waals surface area contributed by atoms with E-state index in [9.17, 15) is 0 Å². The normalized spacial score (nSPS) is 19.7. The monoisotopic (exact) mass is 247 g/mol. The van der Waals surface area contributed by atoms with Crippen molar-refractivity contribution in [2.24, 2.45) is 0 Å². The van der Waals surface area contributed by atoms with Gasteiger partial charge in [0.2, 0.25) is 11.7 Å². The summed E-state index contributed by atoms with van der Waals surface area (Å²) in [6.45, 7) is 2.02. The van der Waals surface area contributed by atoms with Crippen LogP contribution in [0.4, 0.5) is 0 Å². The van der Waals surface area contributed by atoms with E-state index in [4.69, 9.17) is 4.52 Å². The zero-order valence-corrected chi connectivity index (χ0v) is 10.4. The Morgan fingerprint density at radius 3 is 3.06 bits per heavy atom. The topological polar surface area (TPSA) is 51.8 Å². The molecule has 0 N–H and O–H groups in total. The third-order valence-electron chi connectivity index (χ3n) is 2.87. The Morgan fingerprint density at radius 1 is 1.41 bits per heavy atom. The summed E-state index contributed by atoms with van der Waals surface area (Å²) in [6.07, 6.45) is 9.41. The Hall–Kier alpha value is -1.49. The molecule has 0 saturated carbocycles. The van der Waals surface area contributed by atoms with Crippen LogP contribution in [-0.4, -0.2) is 15.1 Å². The van der Waals surface area contributed by atoms with Gasteiger partial charge in [0.25, 0.3) is 0 Å². The quantitative estimate of drug-likeness (QED) is 0.764. The molecular formula is C12H13N3OS. The summed E-state index contributed by atoms with van der Waals surface area (Å²) in [4.78, 5) is 9.88. The maximum absolute atomic E-state index is 5.34. The van der Waals surface area contributed by atoms with E-state index in [-0.39, 0.29) is 0 Å². The highest BCUT2D eigenvalue weighted by molar-refractivity contribution is 7.14. The summed E-state index contributed by atoms with van der Waals surface area (Å²) in [6, 6.07) is 0. The molecule has 2 aromatic heterocycles. The highest BCUT2D eigenvalue weighted by Crippen LogP contribution is 2.30. The molecule has 5 heteroatoms. The zero-order chi connectivity index (χ0) is 11.7. The van der Waals surface area contributed by atoms with Crippen LogP contribution in [0, 0.1) is 6.92 Å². The standard InChI is InChI=1S/C12H13N3OS/c1-8-7-13-12(17-8)10-14-11(16-15-10)9-5-3-2-4-6-9/h2-3,7,9H,4-6H2,1H3. The predicted molar refractivity (Wildman–Crippen MR) is 65.9 cm³/mol. The molecule has 1 aliphatic rings. The van der Waals surface area contributed by atoms with Gasteiger partial charge in [-0.25, -0.2) is 4.98 Å². The van der Waals surface area contributed by atoms with Crippen molar-refractivity contribution < 1.29 is 4.52 Å². The molecule has 2 aromatic rings. The van der Waals surface area contributed by atoms with Gasteiger partial charge in [-0.15, -0.1) is 11.3 Å². The highest BCUT2D eigenvalue weighted by Gasteiger charge is 2.20. The summed E-state index contributed by atoms with van der Waals surface area (Å²) >= 11 is 1.59. The molecule has 1 unspecified atom stereocenters. The Morgan fingerprint density at radius 2 is 2.35 bits per heavy atom. The van der Waals surface area contributed by atoms with E-state index in [0.29, 0.717) is 11.7 Å². The Labute approximate surface area is 103 Å². The maximum Gasteiger partial charge on any atom is 0.231 e. The lowest BCUT2D eigenvalue weighted by molar-refractivity contribution is 0.345. The van der Waals surface area contributed by atoms with Gasteiger partial charge in [0.1, 0.15) is 0 Å². The van der Waals surface area contributed by atoms with E-state index in [2.05, 4.69) is 27.3 Å². The van der Waals surface area contributed by atoms with Gasteiger partial charge in [-0.2, -0.15) is 4.98 Å². The van der Waals surface area contributed by atoms with Gasteiger partial charge < -0.3 is 4.52 Å². The molecule has 0 fully saturated rings. The molecule has 0 saturated heterocycles. The number of thiazole rings is 1. The van der Waals surface area contributed by atoms with E-state index in [1.807, 2.05) is 13.1 Å². The van der Waals surface area contributed by atoms with Crippen LogP contribution in [0.15, 0.2) is 22.9 Å². The molecule has 2 heterocycles. The van der Waals surface area contributed by atoms with Crippen molar-refractivity contribution in [3.63, 3.8) is 0 Å². The average Bonchev–Trinajstić information content (AvgIpc) is 2.98. The molecule has 3 rings (SSSR count). The molecule has 0 radical (unpaired) electrons. The van der Waals surface area contributed by atoms with Crippen LogP contribution in [0.2, 0.25) is 0 Å². The van der Waals surface area contributed by atoms with Gasteiger partial charge >= 0.3 is 0 Å². The van der Waals surface area contributed by atoms with Gasteiger partial charge in [-0.05, 0) is 26.2 Å². The molecule has 1 atom stereocenters. The third kappa shape index (κ3) is 2.15. The van der Waals surface area contributed by atoms with Crippen LogP contribution in [0.1, 0.15) is 35.9 Å². The molecule has 0 aromatic carbocycles. The first-order valence-electron chi connectivity index (χ1n) is 5.74. The second kappa shape index (κ2) is 4.41. The number of hydrogen-bond acceptors (Lipinski definition) is 5. The van der Waals surface area contributed by atoms with Crippen molar-refractivity contribution in [3.05, 3.63) is 29.1 Å². The van der Waals surface area contributed by atoms with Crippen LogP contribution >= 0.6 is 11.3 Å². The van der Waals surface area contributed by atoms with Crippen molar-refractivity contribution in [1.82, 2.24) is 15.1 Å². The number of aromatic nitrogens is 3. The summed E-state index contributed by atoms with van der Waals surface area (Å²) in [5, 5.41) is 4.85. The minimum absolute atomic E-state index is 0.377. The number of aryl methyl sites for hydroxylation is 1. The Bertz CT molecular complexity index is 543. The van der Waals surface area contributed by atoms with Gasteiger partial charge in [-0.1, -0.05) is 17.3 Å². The summed E-state index contributed by atoms with van der Waals surface area (Å²) < 4.78 is 5.34. The molecule has 0 aliphatic heterocycles. The van der Waals surface area contributed by atoms with Gasteiger partial charge in [0.05, 0.1) is 0 Å².